The molecule has 0 radical (unpaired) electrons. The number of hydrogen-bond acceptors (Lipinski definition) is 3. The average molecular weight is 393 g/mol. The number of benzene rings is 2. The zero-order valence-corrected chi connectivity index (χ0v) is 16.2. The van der Waals surface area contributed by atoms with E-state index in [0.29, 0.717) is 17.7 Å². The van der Waals surface area contributed by atoms with Crippen molar-refractivity contribution in [1.29, 1.82) is 5.26 Å². The van der Waals surface area contributed by atoms with Gasteiger partial charge < -0.3 is 10.4 Å². The van der Waals surface area contributed by atoms with E-state index >= 15 is 0 Å². The van der Waals surface area contributed by atoms with Crippen LogP contribution in [0.1, 0.15) is 18.1 Å². The lowest BCUT2D eigenvalue weighted by atomic mass is 9.74. The molecule has 1 aliphatic rings. The van der Waals surface area contributed by atoms with Gasteiger partial charge in [-0.2, -0.15) is 5.26 Å². The van der Waals surface area contributed by atoms with Gasteiger partial charge in [-0.05, 0) is 37.1 Å². The monoisotopic (exact) mass is 392 g/mol. The van der Waals surface area contributed by atoms with Crippen LogP contribution in [0.5, 0.6) is 0 Å². The molecule has 1 amide bonds. The third kappa shape index (κ3) is 4.51. The predicted octanol–water partition coefficient (Wildman–Crippen LogP) is 4.50. The molecule has 2 aromatic rings. The van der Waals surface area contributed by atoms with Crippen LogP contribution in [0, 0.1) is 23.2 Å². The topological polar surface area (TPSA) is 73.1 Å². The number of anilines is 1. The molecule has 0 spiro atoms. The lowest BCUT2D eigenvalue weighted by Crippen LogP contribution is -2.43. The Labute approximate surface area is 169 Å². The molecule has 0 aliphatic heterocycles. The highest BCUT2D eigenvalue weighted by Gasteiger charge is 2.39. The van der Waals surface area contributed by atoms with E-state index < -0.39 is 11.5 Å². The van der Waals surface area contributed by atoms with Crippen LogP contribution in [0.3, 0.4) is 0 Å². The van der Waals surface area contributed by atoms with Crippen molar-refractivity contribution in [3.05, 3.63) is 89.0 Å². The Bertz CT molecular complexity index is 958. The number of aliphatic hydroxyl groups is 1. The molecule has 2 aromatic carbocycles. The Balaban J connectivity index is 1.88. The maximum absolute atomic E-state index is 13.2. The lowest BCUT2D eigenvalue weighted by molar-refractivity contribution is -0.123. The van der Waals surface area contributed by atoms with Crippen molar-refractivity contribution in [2.75, 3.05) is 5.32 Å². The second-order valence-electron chi connectivity index (χ2n) is 7.09. The first-order valence-corrected chi connectivity index (χ1v) is 9.41. The summed E-state index contributed by atoms with van der Waals surface area (Å²) in [6.45, 7) is 1.71. The summed E-state index contributed by atoms with van der Waals surface area (Å²) in [5.41, 5.74) is 0.749. The van der Waals surface area contributed by atoms with Gasteiger partial charge in [-0.15, -0.1) is 0 Å². The van der Waals surface area contributed by atoms with E-state index in [1.807, 2.05) is 48.6 Å². The Kier molecular flexibility index (Phi) is 5.99. The molecule has 3 atom stereocenters. The maximum atomic E-state index is 13.2. The Hall–Kier alpha value is -2.87. The number of rotatable bonds is 5. The third-order valence-electron chi connectivity index (χ3n) is 4.96. The number of allylic oxidation sites excluding steroid dienone is 2. The number of halogens is 1. The van der Waals surface area contributed by atoms with Gasteiger partial charge in [0.2, 0.25) is 5.91 Å². The minimum Gasteiger partial charge on any atom is -0.385 e. The Morgan fingerprint density at radius 1 is 1.29 bits per heavy atom. The molecule has 5 heteroatoms. The standard InChI is InChI=1S/C23H21ClN2O2/c1-23(28)12-6-5-9-20(23)19(13-16-7-3-2-4-8-16)22(27)26-18-11-10-17(15-25)21(24)14-18/h2-12,14,19-20,28H,13H2,1H3,(H,26,27). The molecule has 1 aliphatic carbocycles. The number of hydrogen-bond donors (Lipinski definition) is 2. The highest BCUT2D eigenvalue weighted by Crippen LogP contribution is 2.34. The summed E-state index contributed by atoms with van der Waals surface area (Å²) in [5, 5.41) is 23.0. The highest BCUT2D eigenvalue weighted by molar-refractivity contribution is 6.32. The number of carbonyl (C=O) groups is 1. The van der Waals surface area contributed by atoms with Crippen molar-refractivity contribution < 1.29 is 9.90 Å². The molecule has 0 bridgehead atoms. The number of nitriles is 1. The number of amides is 1. The van der Waals surface area contributed by atoms with Gasteiger partial charge >= 0.3 is 0 Å². The minimum absolute atomic E-state index is 0.213. The van der Waals surface area contributed by atoms with Gasteiger partial charge in [0.1, 0.15) is 6.07 Å². The molecule has 2 N–H and O–H groups in total. The van der Waals surface area contributed by atoms with E-state index in [2.05, 4.69) is 5.32 Å². The molecular formula is C23H21ClN2O2. The summed E-state index contributed by atoms with van der Waals surface area (Å²) in [6.07, 6.45) is 7.71. The fourth-order valence-electron chi connectivity index (χ4n) is 3.45. The second kappa shape index (κ2) is 8.43. The van der Waals surface area contributed by atoms with Crippen LogP contribution in [0.2, 0.25) is 5.02 Å². The Morgan fingerprint density at radius 3 is 2.68 bits per heavy atom. The molecule has 3 unspecified atom stereocenters. The van der Waals surface area contributed by atoms with Gasteiger partial charge in [0.25, 0.3) is 0 Å². The van der Waals surface area contributed by atoms with Crippen LogP contribution < -0.4 is 5.32 Å². The van der Waals surface area contributed by atoms with E-state index in [1.54, 1.807) is 37.3 Å². The van der Waals surface area contributed by atoms with Crippen LogP contribution in [0.25, 0.3) is 0 Å². The normalized spacial score (nSPS) is 21.7. The number of nitrogens with one attached hydrogen (secondary N) is 1. The fourth-order valence-corrected chi connectivity index (χ4v) is 3.67. The van der Waals surface area contributed by atoms with Gasteiger partial charge in [0, 0.05) is 11.6 Å². The van der Waals surface area contributed by atoms with Gasteiger partial charge in [-0.25, -0.2) is 0 Å². The summed E-state index contributed by atoms with van der Waals surface area (Å²) in [7, 11) is 0. The van der Waals surface area contributed by atoms with E-state index in [-0.39, 0.29) is 16.8 Å². The molecule has 28 heavy (non-hydrogen) atoms. The number of carbonyl (C=O) groups excluding carboxylic acids is 1. The van der Waals surface area contributed by atoms with Crippen molar-refractivity contribution in [1.82, 2.24) is 0 Å². The van der Waals surface area contributed by atoms with Crippen molar-refractivity contribution >= 4 is 23.2 Å². The summed E-state index contributed by atoms with van der Waals surface area (Å²) in [4.78, 5) is 13.2. The molecule has 0 saturated heterocycles. The quantitative estimate of drug-likeness (QED) is 0.786. The fraction of sp³-hybridized carbons (Fsp3) is 0.217. The molecule has 3 rings (SSSR count). The summed E-state index contributed by atoms with van der Waals surface area (Å²) >= 11 is 6.08. The zero-order chi connectivity index (χ0) is 20.1. The Morgan fingerprint density at radius 2 is 2.04 bits per heavy atom. The van der Waals surface area contributed by atoms with Crippen LogP contribution >= 0.6 is 11.6 Å². The van der Waals surface area contributed by atoms with Crippen LogP contribution in [-0.4, -0.2) is 16.6 Å². The zero-order valence-electron chi connectivity index (χ0n) is 15.5. The van der Waals surface area contributed by atoms with Gasteiger partial charge in [0.15, 0.2) is 0 Å². The first-order chi connectivity index (χ1) is 13.4. The van der Waals surface area contributed by atoms with Crippen molar-refractivity contribution in [3.63, 3.8) is 0 Å². The van der Waals surface area contributed by atoms with Crippen molar-refractivity contribution in [2.24, 2.45) is 11.8 Å². The molecule has 0 saturated carbocycles. The van der Waals surface area contributed by atoms with Crippen molar-refractivity contribution in [2.45, 2.75) is 18.9 Å². The summed E-state index contributed by atoms with van der Waals surface area (Å²) in [6, 6.07) is 16.5. The van der Waals surface area contributed by atoms with Crippen molar-refractivity contribution in [3.8, 4) is 6.07 Å². The first kappa shape index (κ1) is 19.9. The number of nitrogens with zero attached hydrogens (tertiary/aromatic N) is 1. The highest BCUT2D eigenvalue weighted by atomic mass is 35.5. The SMILES string of the molecule is CC1(O)C=CC=CC1C(Cc1ccccc1)C(=O)Nc1ccc(C#N)c(Cl)c1. The second-order valence-corrected chi connectivity index (χ2v) is 7.49. The van der Waals surface area contributed by atoms with Gasteiger partial charge in [0.05, 0.1) is 22.1 Å². The molecule has 142 valence electrons. The maximum Gasteiger partial charge on any atom is 0.228 e. The molecule has 0 aromatic heterocycles. The molecular weight excluding hydrogens is 372 g/mol. The predicted molar refractivity (Wildman–Crippen MR) is 111 cm³/mol. The average Bonchev–Trinajstić information content (AvgIpc) is 2.67. The van der Waals surface area contributed by atoms with Crippen LogP contribution in [0.4, 0.5) is 5.69 Å². The van der Waals surface area contributed by atoms with Gasteiger partial charge in [-0.1, -0.05) is 66.2 Å². The summed E-state index contributed by atoms with van der Waals surface area (Å²) in [5.74, 6) is -1.09. The van der Waals surface area contributed by atoms with E-state index in [0.717, 1.165) is 5.56 Å². The minimum atomic E-state index is -1.13. The first-order valence-electron chi connectivity index (χ1n) is 9.03. The largest absolute Gasteiger partial charge is 0.385 e. The summed E-state index contributed by atoms with van der Waals surface area (Å²) < 4.78 is 0. The van der Waals surface area contributed by atoms with Crippen LogP contribution in [-0.2, 0) is 11.2 Å². The van der Waals surface area contributed by atoms with Gasteiger partial charge in [-0.3, -0.25) is 4.79 Å². The smallest absolute Gasteiger partial charge is 0.228 e. The molecule has 0 fully saturated rings. The van der Waals surface area contributed by atoms with E-state index in [9.17, 15) is 9.90 Å². The lowest BCUT2D eigenvalue weighted by Gasteiger charge is -2.35. The van der Waals surface area contributed by atoms with Crippen LogP contribution in [0.15, 0.2) is 72.8 Å². The molecule has 4 nitrogen and oxygen atoms in total. The van der Waals surface area contributed by atoms with E-state index in [4.69, 9.17) is 16.9 Å². The van der Waals surface area contributed by atoms with E-state index in [1.165, 1.54) is 0 Å². The molecule has 0 heterocycles. The third-order valence-corrected chi connectivity index (χ3v) is 5.28.